The molecule has 0 saturated heterocycles. The summed E-state index contributed by atoms with van der Waals surface area (Å²) in [6, 6.07) is 21.1. The molecule has 3 rings (SSSR count). The summed E-state index contributed by atoms with van der Waals surface area (Å²) in [7, 11) is -3.86. The summed E-state index contributed by atoms with van der Waals surface area (Å²) in [5.74, 6) is -0.821. The van der Waals surface area contributed by atoms with Gasteiger partial charge >= 0.3 is 0 Å². The van der Waals surface area contributed by atoms with E-state index >= 15 is 0 Å². The number of aryl methyl sites for hydroxylation is 2. The third-order valence-electron chi connectivity index (χ3n) is 6.49. The van der Waals surface area contributed by atoms with Crippen LogP contribution < -0.4 is 9.62 Å². The molecular formula is C31H38ClN3O4S. The summed E-state index contributed by atoms with van der Waals surface area (Å²) < 4.78 is 26.9. The lowest BCUT2D eigenvalue weighted by atomic mass is 10.00. The van der Waals surface area contributed by atoms with E-state index in [4.69, 9.17) is 11.6 Å². The number of amides is 2. The third kappa shape index (κ3) is 8.57. The molecule has 9 heteroatoms. The highest BCUT2D eigenvalue weighted by Gasteiger charge is 2.34. The van der Waals surface area contributed by atoms with Gasteiger partial charge in [-0.1, -0.05) is 72.3 Å². The maximum absolute atomic E-state index is 14.1. The number of halogens is 1. The van der Waals surface area contributed by atoms with Crippen molar-refractivity contribution in [2.45, 2.75) is 59.2 Å². The third-order valence-corrected chi connectivity index (χ3v) is 8.04. The van der Waals surface area contributed by atoms with Crippen molar-refractivity contribution in [2.24, 2.45) is 0 Å². The molecule has 0 aliphatic rings. The van der Waals surface area contributed by atoms with E-state index in [1.165, 1.54) is 11.0 Å². The fraction of sp³-hybridized carbons (Fsp3) is 0.355. The van der Waals surface area contributed by atoms with E-state index < -0.39 is 34.1 Å². The van der Waals surface area contributed by atoms with Crippen LogP contribution in [-0.2, 0) is 32.6 Å². The fourth-order valence-electron chi connectivity index (χ4n) is 4.33. The number of nitrogens with one attached hydrogen (secondary N) is 1. The number of carbonyl (C=O) groups excluding carboxylic acids is 2. The van der Waals surface area contributed by atoms with Gasteiger partial charge in [0.2, 0.25) is 21.8 Å². The van der Waals surface area contributed by atoms with Crippen LogP contribution in [0.15, 0.2) is 72.8 Å². The van der Waals surface area contributed by atoms with Crippen molar-refractivity contribution in [1.82, 2.24) is 10.2 Å². The highest BCUT2D eigenvalue weighted by atomic mass is 35.5. The molecule has 7 nitrogen and oxygen atoms in total. The van der Waals surface area contributed by atoms with Crippen LogP contribution in [-0.4, -0.2) is 49.5 Å². The fourth-order valence-corrected chi connectivity index (χ4v) is 5.34. The quantitative estimate of drug-likeness (QED) is 0.352. The predicted molar refractivity (Wildman–Crippen MR) is 162 cm³/mol. The topological polar surface area (TPSA) is 86.8 Å². The zero-order chi connectivity index (χ0) is 29.7. The van der Waals surface area contributed by atoms with Crippen LogP contribution in [0.5, 0.6) is 0 Å². The van der Waals surface area contributed by atoms with E-state index in [-0.39, 0.29) is 24.6 Å². The van der Waals surface area contributed by atoms with E-state index in [1.54, 1.807) is 12.1 Å². The molecule has 0 aromatic heterocycles. The zero-order valence-electron chi connectivity index (χ0n) is 23.9. The number of anilines is 1. The van der Waals surface area contributed by atoms with Crippen molar-refractivity contribution in [1.29, 1.82) is 0 Å². The van der Waals surface area contributed by atoms with Gasteiger partial charge in [0.25, 0.3) is 0 Å². The summed E-state index contributed by atoms with van der Waals surface area (Å²) in [4.78, 5) is 29.4. The lowest BCUT2D eigenvalue weighted by Gasteiger charge is -2.35. The SMILES string of the molecule is Cc1ccc(N(CC(=O)N(Cc2ccccc2C)C(Cc2ccccc2)C(=O)NC(C)(C)C)S(C)(=O)=O)cc1Cl. The smallest absolute Gasteiger partial charge is 0.244 e. The van der Waals surface area contributed by atoms with Gasteiger partial charge in [0.15, 0.2) is 0 Å². The molecule has 0 spiro atoms. The highest BCUT2D eigenvalue weighted by Crippen LogP contribution is 2.26. The van der Waals surface area contributed by atoms with E-state index in [9.17, 15) is 18.0 Å². The Balaban J connectivity index is 2.10. The maximum atomic E-state index is 14.1. The van der Waals surface area contributed by atoms with Gasteiger partial charge in [0.05, 0.1) is 11.9 Å². The Morgan fingerprint density at radius 3 is 2.12 bits per heavy atom. The van der Waals surface area contributed by atoms with Crippen LogP contribution >= 0.6 is 11.6 Å². The monoisotopic (exact) mass is 583 g/mol. The Labute approximate surface area is 243 Å². The molecule has 1 N–H and O–H groups in total. The van der Waals surface area contributed by atoms with E-state index in [1.807, 2.05) is 89.2 Å². The van der Waals surface area contributed by atoms with Gasteiger partial charge in [-0.15, -0.1) is 0 Å². The summed E-state index contributed by atoms with van der Waals surface area (Å²) in [5.41, 5.74) is 3.22. The van der Waals surface area contributed by atoms with Crippen LogP contribution in [0.4, 0.5) is 5.69 Å². The molecule has 2 amide bonds. The second-order valence-electron chi connectivity index (χ2n) is 11.1. The number of benzene rings is 3. The van der Waals surface area contributed by atoms with Crippen molar-refractivity contribution in [2.75, 3.05) is 17.1 Å². The Hall–Kier alpha value is -3.36. The lowest BCUT2D eigenvalue weighted by molar-refractivity contribution is -0.140. The number of rotatable bonds is 10. The normalized spacial score (nSPS) is 12.5. The Morgan fingerprint density at radius 1 is 0.925 bits per heavy atom. The van der Waals surface area contributed by atoms with Gasteiger partial charge in [-0.2, -0.15) is 0 Å². The van der Waals surface area contributed by atoms with Gasteiger partial charge in [-0.3, -0.25) is 13.9 Å². The Morgan fingerprint density at radius 2 is 1.55 bits per heavy atom. The lowest BCUT2D eigenvalue weighted by Crippen LogP contribution is -2.56. The first-order valence-corrected chi connectivity index (χ1v) is 15.3. The summed E-state index contributed by atoms with van der Waals surface area (Å²) >= 11 is 6.31. The predicted octanol–water partition coefficient (Wildman–Crippen LogP) is 5.28. The molecule has 0 heterocycles. The standard InChI is InChI=1S/C31H38ClN3O4S/c1-22-12-10-11-15-25(22)20-34(28(30(37)33-31(3,4)5)18-24-13-8-7-9-14-24)29(36)21-35(40(6,38)39)26-17-16-23(2)27(32)19-26/h7-17,19,28H,18,20-21H2,1-6H3,(H,33,37). The minimum Gasteiger partial charge on any atom is -0.350 e. The molecule has 0 saturated carbocycles. The van der Waals surface area contributed by atoms with Gasteiger partial charge in [-0.25, -0.2) is 8.42 Å². The second kappa shape index (κ2) is 12.9. The van der Waals surface area contributed by atoms with Crippen LogP contribution in [0.1, 0.15) is 43.0 Å². The number of hydrogen-bond donors (Lipinski definition) is 1. The van der Waals surface area contributed by atoms with Gasteiger partial charge in [0, 0.05) is 23.5 Å². The molecule has 40 heavy (non-hydrogen) atoms. The first-order chi connectivity index (χ1) is 18.7. The number of carbonyl (C=O) groups is 2. The molecule has 0 bridgehead atoms. The second-order valence-corrected chi connectivity index (χ2v) is 13.4. The molecule has 0 aliphatic carbocycles. The van der Waals surface area contributed by atoms with E-state index in [2.05, 4.69) is 5.32 Å². The minimum absolute atomic E-state index is 0.132. The number of nitrogens with zero attached hydrogens (tertiary/aromatic N) is 2. The van der Waals surface area contributed by atoms with Crippen molar-refractivity contribution in [3.63, 3.8) is 0 Å². The van der Waals surface area contributed by atoms with Gasteiger partial charge < -0.3 is 10.2 Å². The van der Waals surface area contributed by atoms with Crippen molar-refractivity contribution in [3.8, 4) is 0 Å². The van der Waals surface area contributed by atoms with Crippen molar-refractivity contribution < 1.29 is 18.0 Å². The summed E-state index contributed by atoms with van der Waals surface area (Å²) in [6.07, 6.45) is 1.31. The molecule has 0 radical (unpaired) electrons. The van der Waals surface area contributed by atoms with E-state index in [0.717, 1.165) is 32.8 Å². The number of sulfonamides is 1. The van der Waals surface area contributed by atoms with Crippen molar-refractivity contribution in [3.05, 3.63) is 100 Å². The molecule has 3 aromatic carbocycles. The summed E-state index contributed by atoms with van der Waals surface area (Å²) in [6.45, 7) is 9.04. The van der Waals surface area contributed by atoms with Crippen LogP contribution in [0, 0.1) is 13.8 Å². The van der Waals surface area contributed by atoms with E-state index in [0.29, 0.717) is 5.02 Å². The highest BCUT2D eigenvalue weighted by molar-refractivity contribution is 7.92. The maximum Gasteiger partial charge on any atom is 0.244 e. The largest absolute Gasteiger partial charge is 0.350 e. The van der Waals surface area contributed by atoms with Crippen molar-refractivity contribution >= 4 is 39.1 Å². The first kappa shape index (κ1) is 31.2. The van der Waals surface area contributed by atoms with Gasteiger partial charge in [0.1, 0.15) is 12.6 Å². The molecule has 1 unspecified atom stereocenters. The van der Waals surface area contributed by atoms with Gasteiger partial charge in [-0.05, 0) is 69.0 Å². The van der Waals surface area contributed by atoms with Crippen LogP contribution in [0.3, 0.4) is 0 Å². The molecule has 0 fully saturated rings. The molecule has 1 atom stereocenters. The number of hydrogen-bond acceptors (Lipinski definition) is 4. The molecule has 3 aromatic rings. The first-order valence-electron chi connectivity index (χ1n) is 13.1. The Bertz CT molecular complexity index is 1450. The molecule has 0 aliphatic heterocycles. The molecule has 214 valence electrons. The average Bonchev–Trinajstić information content (AvgIpc) is 2.86. The van der Waals surface area contributed by atoms with Crippen LogP contribution in [0.2, 0.25) is 5.02 Å². The minimum atomic E-state index is -3.86. The Kier molecular flexibility index (Phi) is 10.0. The summed E-state index contributed by atoms with van der Waals surface area (Å²) in [5, 5.41) is 3.41. The average molecular weight is 584 g/mol. The zero-order valence-corrected chi connectivity index (χ0v) is 25.5. The molecular weight excluding hydrogens is 546 g/mol. The van der Waals surface area contributed by atoms with Crippen LogP contribution in [0.25, 0.3) is 0 Å².